The monoisotopic (exact) mass is 264 g/mol. The Hall–Kier alpha value is -1.88. The molecular weight excluding hydrogens is 244 g/mol. The van der Waals surface area contributed by atoms with Crippen LogP contribution in [0.1, 0.15) is 32.4 Å². The molecule has 1 atom stereocenters. The maximum Gasteiger partial charge on any atom is 0.272 e. The topological polar surface area (TPSA) is 67.4 Å². The Labute approximate surface area is 113 Å². The number of methoxy groups -OCH3 is 1. The van der Waals surface area contributed by atoms with E-state index < -0.39 is 17.4 Å². The lowest BCUT2D eigenvalue weighted by Gasteiger charge is -2.20. The minimum absolute atomic E-state index is 0.260. The van der Waals surface area contributed by atoms with Crippen LogP contribution in [-0.4, -0.2) is 18.9 Å². The molecule has 0 aliphatic heterocycles. The fourth-order valence-corrected chi connectivity index (χ4v) is 1.39. The van der Waals surface area contributed by atoms with Crippen LogP contribution in [0.4, 0.5) is 0 Å². The molecule has 0 radical (unpaired) electrons. The molecule has 2 N–H and O–H groups in total. The summed E-state index contributed by atoms with van der Waals surface area (Å²) in [4.78, 5) is 23.6. The van der Waals surface area contributed by atoms with Gasteiger partial charge in [-0.2, -0.15) is 0 Å². The molecule has 19 heavy (non-hydrogen) atoms. The molecule has 2 amide bonds. The average Bonchev–Trinajstić information content (AvgIpc) is 2.37. The van der Waals surface area contributed by atoms with Gasteiger partial charge in [0.1, 0.15) is 0 Å². The zero-order valence-electron chi connectivity index (χ0n) is 11.7. The maximum atomic E-state index is 12.0. The van der Waals surface area contributed by atoms with Gasteiger partial charge in [0, 0.05) is 12.5 Å². The first-order valence-electron chi connectivity index (χ1n) is 6.04. The Morgan fingerprint density at radius 2 is 1.68 bits per heavy atom. The van der Waals surface area contributed by atoms with Crippen molar-refractivity contribution in [3.05, 3.63) is 35.9 Å². The van der Waals surface area contributed by atoms with Crippen LogP contribution < -0.4 is 10.9 Å². The van der Waals surface area contributed by atoms with Gasteiger partial charge in [-0.3, -0.25) is 20.4 Å². The zero-order chi connectivity index (χ0) is 14.5. The van der Waals surface area contributed by atoms with Gasteiger partial charge in [-0.05, 0) is 5.56 Å². The van der Waals surface area contributed by atoms with Crippen molar-refractivity contribution in [2.75, 3.05) is 7.11 Å². The van der Waals surface area contributed by atoms with Gasteiger partial charge < -0.3 is 4.74 Å². The quantitative estimate of drug-likeness (QED) is 0.814. The summed E-state index contributed by atoms with van der Waals surface area (Å²) in [6.07, 6.45) is -0.749. The molecule has 0 aliphatic carbocycles. The third kappa shape index (κ3) is 4.37. The molecule has 104 valence electrons. The van der Waals surface area contributed by atoms with E-state index in [0.29, 0.717) is 0 Å². The predicted molar refractivity (Wildman–Crippen MR) is 71.9 cm³/mol. The zero-order valence-corrected chi connectivity index (χ0v) is 11.7. The second-order valence-corrected chi connectivity index (χ2v) is 5.22. The van der Waals surface area contributed by atoms with Crippen molar-refractivity contribution in [1.82, 2.24) is 10.9 Å². The largest absolute Gasteiger partial charge is 0.367 e. The minimum Gasteiger partial charge on any atom is -0.367 e. The summed E-state index contributed by atoms with van der Waals surface area (Å²) < 4.78 is 5.15. The Bertz CT molecular complexity index is 438. The van der Waals surface area contributed by atoms with Crippen LogP contribution in [0, 0.1) is 5.41 Å². The van der Waals surface area contributed by atoms with Gasteiger partial charge >= 0.3 is 0 Å². The number of hydrogen-bond acceptors (Lipinski definition) is 3. The Balaban J connectivity index is 2.64. The van der Waals surface area contributed by atoms with Crippen LogP contribution in [0.25, 0.3) is 0 Å². The molecular formula is C14H20N2O3. The summed E-state index contributed by atoms with van der Waals surface area (Å²) in [6, 6.07) is 9.08. The van der Waals surface area contributed by atoms with E-state index >= 15 is 0 Å². The minimum atomic E-state index is -0.749. The molecule has 0 saturated heterocycles. The fourth-order valence-electron chi connectivity index (χ4n) is 1.39. The molecule has 0 aromatic heterocycles. The van der Waals surface area contributed by atoms with Crippen molar-refractivity contribution in [1.29, 1.82) is 0 Å². The Morgan fingerprint density at radius 1 is 1.11 bits per heavy atom. The van der Waals surface area contributed by atoms with Gasteiger partial charge in [0.25, 0.3) is 5.91 Å². The highest BCUT2D eigenvalue weighted by Crippen LogP contribution is 2.16. The van der Waals surface area contributed by atoms with E-state index in [1.165, 1.54) is 7.11 Å². The highest BCUT2D eigenvalue weighted by Gasteiger charge is 2.24. The molecule has 1 rings (SSSR count). The van der Waals surface area contributed by atoms with Crippen molar-refractivity contribution in [2.45, 2.75) is 26.9 Å². The van der Waals surface area contributed by atoms with Gasteiger partial charge in [-0.15, -0.1) is 0 Å². The third-order valence-corrected chi connectivity index (χ3v) is 2.56. The van der Waals surface area contributed by atoms with Crippen LogP contribution in [0.2, 0.25) is 0 Å². The van der Waals surface area contributed by atoms with Crippen LogP contribution in [0.15, 0.2) is 30.3 Å². The van der Waals surface area contributed by atoms with Crippen LogP contribution in [0.5, 0.6) is 0 Å². The molecule has 0 spiro atoms. The lowest BCUT2D eigenvalue weighted by Crippen LogP contribution is -2.48. The van der Waals surface area contributed by atoms with E-state index in [2.05, 4.69) is 10.9 Å². The molecule has 5 nitrogen and oxygen atoms in total. The van der Waals surface area contributed by atoms with Crippen molar-refractivity contribution < 1.29 is 14.3 Å². The Morgan fingerprint density at radius 3 is 2.16 bits per heavy atom. The molecule has 0 heterocycles. The van der Waals surface area contributed by atoms with Gasteiger partial charge in [0.05, 0.1) is 0 Å². The number of benzene rings is 1. The second kappa shape index (κ2) is 6.33. The number of hydrogen-bond donors (Lipinski definition) is 2. The van der Waals surface area contributed by atoms with E-state index in [1.54, 1.807) is 32.9 Å². The van der Waals surface area contributed by atoms with Gasteiger partial charge in [0.15, 0.2) is 6.10 Å². The number of nitrogens with one attached hydrogen (secondary N) is 2. The lowest BCUT2D eigenvalue weighted by atomic mass is 9.96. The normalized spacial score (nSPS) is 12.6. The molecule has 1 aromatic carbocycles. The molecule has 5 heteroatoms. The summed E-state index contributed by atoms with van der Waals surface area (Å²) in [7, 11) is 1.45. The van der Waals surface area contributed by atoms with Gasteiger partial charge in [0.2, 0.25) is 5.91 Å². The van der Waals surface area contributed by atoms with Crippen molar-refractivity contribution in [3.63, 3.8) is 0 Å². The summed E-state index contributed by atoms with van der Waals surface area (Å²) >= 11 is 0. The number of amides is 2. The summed E-state index contributed by atoms with van der Waals surface area (Å²) in [5.74, 6) is -0.671. The molecule has 0 fully saturated rings. The molecule has 0 saturated carbocycles. The number of rotatable bonds is 3. The first-order valence-corrected chi connectivity index (χ1v) is 6.04. The predicted octanol–water partition coefficient (Wildman–Crippen LogP) is 1.57. The maximum absolute atomic E-state index is 12.0. The summed E-state index contributed by atoms with van der Waals surface area (Å²) in [6.45, 7) is 5.29. The summed E-state index contributed by atoms with van der Waals surface area (Å²) in [5, 5.41) is 0. The third-order valence-electron chi connectivity index (χ3n) is 2.56. The number of hydrazine groups is 1. The van der Waals surface area contributed by atoms with E-state index in [4.69, 9.17) is 4.74 Å². The lowest BCUT2D eigenvalue weighted by molar-refractivity contribution is -0.138. The number of ether oxygens (including phenoxy) is 1. The van der Waals surface area contributed by atoms with Crippen LogP contribution in [-0.2, 0) is 14.3 Å². The van der Waals surface area contributed by atoms with E-state index in [0.717, 1.165) is 5.56 Å². The second-order valence-electron chi connectivity index (χ2n) is 5.22. The average molecular weight is 264 g/mol. The van der Waals surface area contributed by atoms with Crippen molar-refractivity contribution in [2.24, 2.45) is 5.41 Å². The van der Waals surface area contributed by atoms with Crippen LogP contribution in [0.3, 0.4) is 0 Å². The molecule has 0 unspecified atom stereocenters. The smallest absolute Gasteiger partial charge is 0.272 e. The van der Waals surface area contributed by atoms with Crippen molar-refractivity contribution >= 4 is 11.8 Å². The van der Waals surface area contributed by atoms with Crippen molar-refractivity contribution in [3.8, 4) is 0 Å². The first-order chi connectivity index (χ1) is 8.86. The van der Waals surface area contributed by atoms with Gasteiger partial charge in [-0.25, -0.2) is 0 Å². The Kier molecular flexibility index (Phi) is 5.06. The summed E-state index contributed by atoms with van der Waals surface area (Å²) in [5.41, 5.74) is 4.93. The fraction of sp³-hybridized carbons (Fsp3) is 0.429. The highest BCUT2D eigenvalue weighted by atomic mass is 16.5. The SMILES string of the molecule is CO[C@H](C(=O)NNC(=O)C(C)(C)C)c1ccccc1. The van der Waals surface area contributed by atoms with E-state index in [9.17, 15) is 9.59 Å². The molecule has 0 aliphatic rings. The van der Waals surface area contributed by atoms with Gasteiger partial charge in [-0.1, -0.05) is 51.1 Å². The molecule has 1 aromatic rings. The van der Waals surface area contributed by atoms with E-state index in [1.807, 2.05) is 18.2 Å². The standard InChI is InChI=1S/C14H20N2O3/c1-14(2,3)13(18)16-15-12(17)11(19-4)10-8-6-5-7-9-10/h5-9,11H,1-4H3,(H,15,17)(H,16,18)/t11-/m0/s1. The van der Waals surface area contributed by atoms with E-state index in [-0.39, 0.29) is 5.91 Å². The molecule has 0 bridgehead atoms. The first kappa shape index (κ1) is 15.2. The highest BCUT2D eigenvalue weighted by molar-refractivity contribution is 5.87. The number of carbonyl (C=O) groups excluding carboxylic acids is 2. The van der Waals surface area contributed by atoms with Crippen LogP contribution >= 0.6 is 0 Å². The number of carbonyl (C=O) groups is 2.